The highest BCUT2D eigenvalue weighted by molar-refractivity contribution is 4.99. The van der Waals surface area contributed by atoms with Crippen molar-refractivity contribution in [2.24, 2.45) is 16.7 Å². The average Bonchev–Trinajstić information content (AvgIpc) is 1.06. The molecule has 0 heterocycles. The maximum atomic E-state index is 3.72. The van der Waals surface area contributed by atoms with Crippen LogP contribution in [-0.2, 0) is 0 Å². The minimum absolute atomic E-state index is 0.491. The van der Waals surface area contributed by atoms with E-state index < -0.39 is 0 Å². The minimum atomic E-state index is 0.491. The van der Waals surface area contributed by atoms with E-state index in [9.17, 15) is 0 Å². The van der Waals surface area contributed by atoms with Crippen LogP contribution < -0.4 is 0 Å². The molecule has 3 aliphatic rings. The largest absolute Gasteiger partial charge is 0.103 e. The topological polar surface area (TPSA) is 0 Å². The van der Waals surface area contributed by atoms with Crippen molar-refractivity contribution in [1.29, 1.82) is 0 Å². The van der Waals surface area contributed by atoms with E-state index in [1.54, 1.807) is 0 Å². The average molecular weight is 1510 g/mol. The summed E-state index contributed by atoms with van der Waals surface area (Å²) in [6.07, 6.45) is 119. The van der Waals surface area contributed by atoms with E-state index in [1.807, 2.05) is 92.8 Å². The van der Waals surface area contributed by atoms with Gasteiger partial charge < -0.3 is 0 Å². The minimum Gasteiger partial charge on any atom is -0.103 e. The normalized spacial score (nSPS) is 12.8. The first kappa shape index (κ1) is 126. The third-order valence-corrected chi connectivity index (χ3v) is 18.8. The van der Waals surface area contributed by atoms with Gasteiger partial charge in [0.05, 0.1) is 0 Å². The van der Waals surface area contributed by atoms with Crippen molar-refractivity contribution in [2.45, 2.75) is 541 Å². The molecule has 0 aromatic rings. The molecular weight excluding hydrogens is 1300 g/mol. The molecule has 0 N–H and O–H groups in total. The molecule has 0 nitrogen and oxygen atoms in total. The molecule has 0 aromatic carbocycles. The molecule has 0 amide bonds. The summed E-state index contributed by atoms with van der Waals surface area (Å²) in [5, 5.41) is 0. The van der Waals surface area contributed by atoms with Crippen LogP contribution >= 0.6 is 0 Å². The number of rotatable bonds is 48. The monoisotopic (exact) mass is 1510 g/mol. The Hall–Kier alpha value is -2.86. The van der Waals surface area contributed by atoms with Crippen molar-refractivity contribution in [3.63, 3.8) is 0 Å². The van der Waals surface area contributed by atoms with Crippen LogP contribution in [-0.4, -0.2) is 0 Å². The molecule has 0 aromatic heterocycles. The maximum absolute atomic E-state index is 3.72. The molecule has 0 radical (unpaired) electrons. The summed E-state index contributed by atoms with van der Waals surface area (Å²) < 4.78 is 0. The zero-order valence-corrected chi connectivity index (χ0v) is 78.8. The van der Waals surface area contributed by atoms with Crippen molar-refractivity contribution in [3.8, 4) is 0 Å². The Balaban J connectivity index is -0.000000121. The predicted molar refractivity (Wildman–Crippen MR) is 519 cm³/mol. The number of allylic oxidation sites excluding steroid dienone is 13. The van der Waals surface area contributed by atoms with E-state index in [2.05, 4.69) is 156 Å². The van der Waals surface area contributed by atoms with Gasteiger partial charge in [0, 0.05) is 0 Å². The lowest BCUT2D eigenvalue weighted by atomic mass is 9.78. The lowest BCUT2D eigenvalue weighted by molar-refractivity contribution is 0.233. The molecule has 3 fully saturated rings. The van der Waals surface area contributed by atoms with Crippen molar-refractivity contribution in [3.05, 3.63) is 138 Å². The summed E-state index contributed by atoms with van der Waals surface area (Å²) >= 11 is 0. The van der Waals surface area contributed by atoms with Gasteiger partial charge in [-0.3, -0.25) is 0 Å². The Bertz CT molecular complexity index is 1500. The summed E-state index contributed by atoms with van der Waals surface area (Å²) in [5.74, 6) is 0.852. The molecule has 3 saturated carbocycles. The van der Waals surface area contributed by atoms with Gasteiger partial charge in [0.1, 0.15) is 0 Å². The Labute approximate surface area is 691 Å². The lowest BCUT2D eigenvalue weighted by Gasteiger charge is -2.28. The van der Waals surface area contributed by atoms with Crippen LogP contribution in [0.1, 0.15) is 541 Å². The van der Waals surface area contributed by atoms with E-state index in [0.717, 1.165) is 18.8 Å². The molecule has 0 aliphatic heterocycles. The summed E-state index contributed by atoms with van der Waals surface area (Å²) in [4.78, 5) is 0. The molecule has 0 spiro atoms. The van der Waals surface area contributed by atoms with Crippen LogP contribution in [0.25, 0.3) is 0 Å². The zero-order chi connectivity index (χ0) is 83.1. The summed E-state index contributed by atoms with van der Waals surface area (Å²) in [6, 6.07) is 0. The Morgan fingerprint density at radius 1 is 0.204 bits per heavy atom. The van der Waals surface area contributed by atoms with Gasteiger partial charge in [-0.1, -0.05) is 497 Å². The Morgan fingerprint density at radius 2 is 0.333 bits per heavy atom. The summed E-state index contributed by atoms with van der Waals surface area (Å²) in [7, 11) is 0. The van der Waals surface area contributed by atoms with Crippen molar-refractivity contribution < 1.29 is 0 Å². The molecule has 0 atom stereocenters. The van der Waals surface area contributed by atoms with E-state index in [0.29, 0.717) is 10.8 Å². The molecule has 646 valence electrons. The van der Waals surface area contributed by atoms with Crippen LogP contribution in [0.5, 0.6) is 0 Å². The summed E-state index contributed by atoms with van der Waals surface area (Å²) in [6.45, 7) is 68.8. The highest BCUT2D eigenvalue weighted by Gasteiger charge is 2.20. The standard InChI is InChI=1S/C12H26.C12H24.C11H22.C10H20.C9H18.2C8H16.2C7H14.2C6H12.2C6H10/c1-10(8-11(2,3)4)9-12(5,6)7;1-3-5-7-9-11-12-10-8-6-4-2;1-3-5-7-9-11-10-8-6-4-2;1-3-5-7-9-10-8-6-4-2;1-3-5-7-9-8-6-4-2;1-2-4-6-8-7-5-3-1;1-3-5-7-8-6-4-2;1-2-4-6-7-5-3-1;1-3-5-7-6-4-2;1-2-4-6-5-3-1;3*1-3-5-6-4-2/h10H,8-9H2,1-7H3;3H,1,4-12H2,2H3;3H,1,4-11H2,2H3;3H,1,4-10H2,2H3;3H,1,4-9H2,2H3;1-8H2;3H,1,4-8H2,2H3;1-7H2;3H,1,4-7H2,2H3;1-6H2;3H,1,4-6H2,2H3;3-6H,1-2H3;3-4H,1-2,5-6H2/b;;;;;;;;;;;5-3-,6-4+;. The van der Waals surface area contributed by atoms with Crippen molar-refractivity contribution in [1.82, 2.24) is 0 Å². The Kier molecular flexibility index (Phi) is 152. The first-order valence-electron chi connectivity index (χ1n) is 48.1. The predicted octanol–water partition coefficient (Wildman–Crippen LogP) is 41.7. The van der Waals surface area contributed by atoms with Crippen LogP contribution in [0.4, 0.5) is 0 Å². The molecule has 0 bridgehead atoms. The van der Waals surface area contributed by atoms with Crippen molar-refractivity contribution >= 4 is 0 Å². The first-order chi connectivity index (χ1) is 52.3. The van der Waals surface area contributed by atoms with Crippen molar-refractivity contribution in [2.75, 3.05) is 0 Å². The van der Waals surface area contributed by atoms with Gasteiger partial charge >= 0.3 is 0 Å². The third-order valence-electron chi connectivity index (χ3n) is 18.8. The van der Waals surface area contributed by atoms with E-state index in [1.165, 1.54) is 417 Å². The van der Waals surface area contributed by atoms with Gasteiger partial charge in [-0.05, 0) is 140 Å². The van der Waals surface area contributed by atoms with Crippen LogP contribution in [0.15, 0.2) is 138 Å². The van der Waals surface area contributed by atoms with Gasteiger partial charge in [0.15, 0.2) is 0 Å². The molecule has 0 heteroatoms. The molecular formula is C108H214. The fraction of sp³-hybridized carbons (Fsp3) is 0.796. The second kappa shape index (κ2) is 130. The number of hydrogen-bond donors (Lipinski definition) is 0. The van der Waals surface area contributed by atoms with Gasteiger partial charge in [-0.2, -0.15) is 0 Å². The van der Waals surface area contributed by atoms with E-state index >= 15 is 0 Å². The van der Waals surface area contributed by atoms with Gasteiger partial charge in [-0.15, -0.1) is 59.2 Å². The SMILES string of the molecule is C/C=C\C=C\C.C1CCCCC1.C1CCCCCC1.C1CCCCCCC1.C=CCCC=C.C=CCCCC.C=CCCCCC.C=CCCCCCC.C=CCCCCCCC.C=CCCCCCCCC.C=CCCCCCCCCC.C=CCCCCCCCCCC.CC(CC(C)(C)C)CC(C)(C)C. The van der Waals surface area contributed by atoms with E-state index in [-0.39, 0.29) is 0 Å². The molecule has 3 rings (SSSR count). The van der Waals surface area contributed by atoms with Crippen LogP contribution in [0, 0.1) is 16.7 Å². The maximum Gasteiger partial charge on any atom is -0.0319 e. The van der Waals surface area contributed by atoms with Crippen LogP contribution in [0.3, 0.4) is 0 Å². The van der Waals surface area contributed by atoms with Gasteiger partial charge in [0.25, 0.3) is 0 Å². The second-order valence-corrected chi connectivity index (χ2v) is 33.7. The first-order valence-corrected chi connectivity index (χ1v) is 48.1. The molecule has 108 heavy (non-hydrogen) atoms. The lowest BCUT2D eigenvalue weighted by Crippen LogP contribution is -2.16. The summed E-state index contributed by atoms with van der Waals surface area (Å²) in [5.41, 5.74) is 0.981. The highest BCUT2D eigenvalue weighted by atomic mass is 14.3. The fourth-order valence-corrected chi connectivity index (χ4v) is 12.6. The number of hydrogen-bond acceptors (Lipinski definition) is 0. The number of unbranched alkanes of at least 4 members (excludes halogenated alkanes) is 36. The van der Waals surface area contributed by atoms with Crippen LogP contribution in [0.2, 0.25) is 0 Å². The Morgan fingerprint density at radius 3 is 0.472 bits per heavy atom. The second-order valence-electron chi connectivity index (χ2n) is 33.7. The zero-order valence-electron chi connectivity index (χ0n) is 78.8. The molecule has 3 aliphatic carbocycles. The molecule has 0 unspecified atom stereocenters. The fourth-order valence-electron chi connectivity index (χ4n) is 12.6. The molecule has 0 saturated heterocycles. The van der Waals surface area contributed by atoms with E-state index in [4.69, 9.17) is 0 Å². The van der Waals surface area contributed by atoms with Gasteiger partial charge in [-0.25, -0.2) is 0 Å². The smallest absolute Gasteiger partial charge is 0.0319 e. The third kappa shape index (κ3) is 186. The van der Waals surface area contributed by atoms with Gasteiger partial charge in [0.2, 0.25) is 0 Å². The quantitative estimate of drug-likeness (QED) is 0.0247. The highest BCUT2D eigenvalue weighted by Crippen LogP contribution is 2.32.